The van der Waals surface area contributed by atoms with Gasteiger partial charge in [-0.15, -0.1) is 0 Å². The number of hydrogen-bond acceptors (Lipinski definition) is 3. The van der Waals surface area contributed by atoms with E-state index < -0.39 is 11.5 Å². The van der Waals surface area contributed by atoms with Gasteiger partial charge in [0.15, 0.2) is 0 Å². The van der Waals surface area contributed by atoms with Gasteiger partial charge >= 0.3 is 5.97 Å². The Morgan fingerprint density at radius 1 is 0.970 bits per heavy atom. The third kappa shape index (κ3) is 3.58. The molecule has 33 heavy (non-hydrogen) atoms. The van der Waals surface area contributed by atoms with E-state index in [0.29, 0.717) is 18.8 Å². The first-order chi connectivity index (χ1) is 16.0. The summed E-state index contributed by atoms with van der Waals surface area (Å²) in [6.45, 7) is 2.16. The minimum absolute atomic E-state index is 0.0484. The van der Waals surface area contributed by atoms with E-state index in [1.54, 1.807) is 7.11 Å². The van der Waals surface area contributed by atoms with Crippen LogP contribution in [-0.4, -0.2) is 23.7 Å². The number of nitrogens with one attached hydrogen (secondary N) is 1. The fourth-order valence-electron chi connectivity index (χ4n) is 6.29. The molecular weight excluding hydrogens is 410 g/mol. The predicted octanol–water partition coefficient (Wildman–Crippen LogP) is 6.09. The average molecular weight is 442 g/mol. The number of rotatable bonds is 5. The van der Waals surface area contributed by atoms with Crippen molar-refractivity contribution in [1.82, 2.24) is 0 Å². The van der Waals surface area contributed by atoms with Gasteiger partial charge in [0.2, 0.25) is 0 Å². The molecule has 0 amide bonds. The summed E-state index contributed by atoms with van der Waals surface area (Å²) in [5.74, 6) is 0.454. The normalized spacial score (nSPS) is 26.1. The Hall–Kier alpha value is -3.27. The van der Waals surface area contributed by atoms with Crippen LogP contribution >= 0.6 is 0 Å². The van der Waals surface area contributed by atoms with Crippen molar-refractivity contribution in [2.24, 2.45) is 0 Å². The maximum atomic E-state index is 12.5. The second-order valence-corrected chi connectivity index (χ2v) is 9.67. The van der Waals surface area contributed by atoms with Gasteiger partial charge in [-0.2, -0.15) is 0 Å². The number of aliphatic carboxylic acids is 1. The van der Waals surface area contributed by atoms with Gasteiger partial charge in [0.05, 0.1) is 7.11 Å². The van der Waals surface area contributed by atoms with E-state index in [-0.39, 0.29) is 5.41 Å². The van der Waals surface area contributed by atoms with Crippen molar-refractivity contribution in [2.45, 2.75) is 55.9 Å². The molecule has 0 radical (unpaired) electrons. The summed E-state index contributed by atoms with van der Waals surface area (Å²) in [6, 6.07) is 24.9. The quantitative estimate of drug-likeness (QED) is 0.503. The summed E-state index contributed by atoms with van der Waals surface area (Å²) in [4.78, 5) is 12.5. The fraction of sp³-hybridized carbons (Fsp3) is 0.345. The van der Waals surface area contributed by atoms with Gasteiger partial charge in [-0.05, 0) is 91.5 Å². The van der Waals surface area contributed by atoms with E-state index in [9.17, 15) is 9.90 Å². The van der Waals surface area contributed by atoms with Gasteiger partial charge in [0.1, 0.15) is 11.3 Å². The molecule has 0 aromatic heterocycles. The van der Waals surface area contributed by atoms with Crippen LogP contribution in [0.25, 0.3) is 0 Å². The topological polar surface area (TPSA) is 58.6 Å². The van der Waals surface area contributed by atoms with Gasteiger partial charge in [-0.1, -0.05) is 48.5 Å². The molecule has 1 spiro atoms. The number of fused-ring (bicyclic) bond motifs is 2. The molecular formula is C29H31NO3. The first-order valence-electron chi connectivity index (χ1n) is 11.8. The van der Waals surface area contributed by atoms with Crippen LogP contribution in [0.15, 0.2) is 72.8 Å². The van der Waals surface area contributed by atoms with Crippen molar-refractivity contribution >= 4 is 11.7 Å². The van der Waals surface area contributed by atoms with E-state index in [1.165, 1.54) is 22.3 Å². The Bertz CT molecular complexity index is 1160. The van der Waals surface area contributed by atoms with Crippen molar-refractivity contribution in [1.29, 1.82) is 0 Å². The molecule has 1 fully saturated rings. The van der Waals surface area contributed by atoms with Crippen LogP contribution in [0.4, 0.5) is 5.69 Å². The van der Waals surface area contributed by atoms with E-state index >= 15 is 0 Å². The summed E-state index contributed by atoms with van der Waals surface area (Å²) >= 11 is 0. The van der Waals surface area contributed by atoms with E-state index in [1.807, 2.05) is 30.3 Å². The minimum Gasteiger partial charge on any atom is -0.497 e. The lowest BCUT2D eigenvalue weighted by Crippen LogP contribution is -2.52. The zero-order valence-corrected chi connectivity index (χ0v) is 19.3. The summed E-state index contributed by atoms with van der Waals surface area (Å²) in [5.41, 5.74) is 5.28. The molecule has 1 atom stereocenters. The number of anilines is 1. The molecule has 5 rings (SSSR count). The Balaban J connectivity index is 1.52. The number of methoxy groups -OCH3 is 1. The highest BCUT2D eigenvalue weighted by Gasteiger charge is 2.54. The van der Waals surface area contributed by atoms with Crippen molar-refractivity contribution in [3.8, 4) is 5.75 Å². The Labute approximate surface area is 195 Å². The maximum absolute atomic E-state index is 12.5. The number of benzene rings is 3. The van der Waals surface area contributed by atoms with Gasteiger partial charge in [0, 0.05) is 11.1 Å². The van der Waals surface area contributed by atoms with Crippen LogP contribution < -0.4 is 10.1 Å². The van der Waals surface area contributed by atoms with Gasteiger partial charge < -0.3 is 15.2 Å². The molecule has 3 aromatic rings. The highest BCUT2D eigenvalue weighted by Crippen LogP contribution is 2.58. The number of aryl methyl sites for hydroxylation is 1. The Morgan fingerprint density at radius 3 is 2.33 bits per heavy atom. The van der Waals surface area contributed by atoms with E-state index in [4.69, 9.17) is 4.74 Å². The molecule has 0 bridgehead atoms. The first kappa shape index (κ1) is 21.6. The summed E-state index contributed by atoms with van der Waals surface area (Å²) < 4.78 is 5.45. The molecule has 4 nitrogen and oxygen atoms in total. The van der Waals surface area contributed by atoms with E-state index in [2.05, 4.69) is 54.7 Å². The SMILES string of the molecule is COc1ccc([C@H]2Cc3ccccc3C23CCC(Nc2ccccc2)(C(=O)O)CC3)c(C)c1. The summed E-state index contributed by atoms with van der Waals surface area (Å²) in [6.07, 6.45) is 3.86. The second kappa shape index (κ2) is 8.26. The zero-order valence-electron chi connectivity index (χ0n) is 19.3. The lowest BCUT2D eigenvalue weighted by atomic mass is 9.59. The van der Waals surface area contributed by atoms with Gasteiger partial charge in [-0.25, -0.2) is 4.79 Å². The number of carboxylic acid groups (broad SMARTS) is 1. The molecule has 0 unspecified atom stereocenters. The fourth-order valence-corrected chi connectivity index (χ4v) is 6.29. The standard InChI is InChI=1S/C29H31NO3/c1-20-18-23(33-2)12-13-24(20)26-19-21-8-6-7-11-25(21)28(26)14-16-29(17-15-28,27(31)32)30-22-9-4-3-5-10-22/h3-13,18,26,30H,14-17,19H2,1-2H3,(H,31,32)/t26-,28?,29?/m1/s1. The molecule has 2 aliphatic carbocycles. The number of ether oxygens (including phenoxy) is 1. The lowest BCUT2D eigenvalue weighted by Gasteiger charge is -2.47. The average Bonchev–Trinajstić information content (AvgIpc) is 3.15. The van der Waals surface area contributed by atoms with Gasteiger partial charge in [-0.3, -0.25) is 0 Å². The summed E-state index contributed by atoms with van der Waals surface area (Å²) in [5, 5.41) is 13.7. The third-order valence-electron chi connectivity index (χ3n) is 8.06. The number of para-hydroxylation sites is 1. The predicted molar refractivity (Wildman–Crippen MR) is 131 cm³/mol. The van der Waals surface area contributed by atoms with Crippen LogP contribution in [0, 0.1) is 6.92 Å². The first-order valence-corrected chi connectivity index (χ1v) is 11.8. The molecule has 170 valence electrons. The third-order valence-corrected chi connectivity index (χ3v) is 8.06. The van der Waals surface area contributed by atoms with Crippen molar-refractivity contribution in [3.63, 3.8) is 0 Å². The minimum atomic E-state index is -0.941. The molecule has 0 aliphatic heterocycles. The van der Waals surface area contributed by atoms with Crippen LogP contribution in [-0.2, 0) is 16.6 Å². The van der Waals surface area contributed by atoms with Crippen molar-refractivity contribution in [2.75, 3.05) is 12.4 Å². The van der Waals surface area contributed by atoms with Crippen molar-refractivity contribution in [3.05, 3.63) is 95.1 Å². The number of hydrogen-bond donors (Lipinski definition) is 2. The molecule has 0 saturated heterocycles. The summed E-state index contributed by atoms with van der Waals surface area (Å²) in [7, 11) is 1.70. The van der Waals surface area contributed by atoms with Crippen LogP contribution in [0.3, 0.4) is 0 Å². The van der Waals surface area contributed by atoms with Crippen molar-refractivity contribution < 1.29 is 14.6 Å². The smallest absolute Gasteiger partial charge is 0.329 e. The largest absolute Gasteiger partial charge is 0.497 e. The number of carbonyl (C=O) groups is 1. The Kier molecular flexibility index (Phi) is 5.40. The van der Waals surface area contributed by atoms with Crippen LogP contribution in [0.2, 0.25) is 0 Å². The molecule has 1 saturated carbocycles. The highest BCUT2D eigenvalue weighted by atomic mass is 16.5. The van der Waals surface area contributed by atoms with Gasteiger partial charge in [0.25, 0.3) is 0 Å². The van der Waals surface area contributed by atoms with Crippen LogP contribution in [0.5, 0.6) is 5.75 Å². The monoisotopic (exact) mass is 441 g/mol. The zero-order chi connectivity index (χ0) is 23.1. The molecule has 2 aliphatic rings. The second-order valence-electron chi connectivity index (χ2n) is 9.67. The van der Waals surface area contributed by atoms with Crippen LogP contribution in [0.1, 0.15) is 53.9 Å². The lowest BCUT2D eigenvalue weighted by molar-refractivity contribution is -0.144. The molecule has 3 aromatic carbocycles. The number of carboxylic acids is 1. The highest BCUT2D eigenvalue weighted by molar-refractivity contribution is 5.83. The molecule has 4 heteroatoms. The molecule has 0 heterocycles. The van der Waals surface area contributed by atoms with E-state index in [0.717, 1.165) is 30.7 Å². The maximum Gasteiger partial charge on any atom is 0.329 e. The molecule has 2 N–H and O–H groups in total. The Morgan fingerprint density at radius 2 is 1.67 bits per heavy atom.